The largest absolute Gasteiger partial charge is 0.323 e. The van der Waals surface area contributed by atoms with Gasteiger partial charge < -0.3 is 19.6 Å². The summed E-state index contributed by atoms with van der Waals surface area (Å²) in [4.78, 5) is 32.7. The number of benzene rings is 8. The van der Waals surface area contributed by atoms with Crippen LogP contribution in [0.15, 0.2) is 133 Å². The van der Waals surface area contributed by atoms with Crippen molar-refractivity contribution in [1.29, 1.82) is 0 Å². The van der Waals surface area contributed by atoms with Gasteiger partial charge in [0, 0.05) is 47.7 Å². The maximum atomic E-state index is 5.53. The van der Waals surface area contributed by atoms with Gasteiger partial charge in [-0.2, -0.15) is 0 Å². The van der Waals surface area contributed by atoms with Crippen LogP contribution in [0, 0.1) is 0 Å². The fourth-order valence-corrected chi connectivity index (χ4v) is 10.9. The standard InChI is InChI=1S/C58H56N8/c1-5-9-29-63-49-33-45-46(60-54-42-26-18-14-22-38(42)37-21-13-17-25-41(37)53(54)59-45)34-50(49)64(30-10-6-2)57(63)58-65(31-11-7-3)51-35-47-48(36-52(51)66(58)32-12-8-4)62-56-44-28-20-16-24-40(44)39-23-15-19-27-43(39)55(56)61-47/h13-28,33-36H,5-12,29-32H2,1-4H3. The first-order valence-corrected chi connectivity index (χ1v) is 24.5. The molecule has 0 unspecified atom stereocenters. The lowest BCUT2D eigenvalue weighted by molar-refractivity contribution is 0.693. The summed E-state index contributed by atoms with van der Waals surface area (Å²) in [6.07, 6.45) is 8.66. The molecular formula is C58H56N8. The Bertz CT molecular complexity index is 3130. The molecule has 2 aromatic heterocycles. The van der Waals surface area contributed by atoms with E-state index in [0.29, 0.717) is 0 Å². The minimum atomic E-state index is 0.904. The predicted molar refractivity (Wildman–Crippen MR) is 280 cm³/mol. The number of fused-ring (bicyclic) bond motifs is 16. The van der Waals surface area contributed by atoms with Gasteiger partial charge in [-0.1, -0.05) is 150 Å². The smallest absolute Gasteiger partial charge is 0.156 e. The van der Waals surface area contributed by atoms with Crippen molar-refractivity contribution >= 4 is 110 Å². The van der Waals surface area contributed by atoms with Crippen LogP contribution in [0.25, 0.3) is 87.2 Å². The van der Waals surface area contributed by atoms with Gasteiger partial charge in [-0.05, 0) is 71.5 Å². The molecule has 328 valence electrons. The molecule has 0 saturated carbocycles. The van der Waals surface area contributed by atoms with Crippen molar-refractivity contribution in [3.63, 3.8) is 0 Å². The number of nitrogens with zero attached hydrogens (tertiary/aromatic N) is 8. The van der Waals surface area contributed by atoms with Gasteiger partial charge in [-0.25, -0.2) is 19.9 Å². The highest BCUT2D eigenvalue weighted by atomic mass is 15.5. The summed E-state index contributed by atoms with van der Waals surface area (Å²) in [5.74, 6) is 2.52. The Labute approximate surface area is 386 Å². The lowest BCUT2D eigenvalue weighted by Crippen LogP contribution is -2.40. The van der Waals surface area contributed by atoms with Crippen molar-refractivity contribution in [2.75, 3.05) is 45.8 Å². The molecule has 8 nitrogen and oxygen atoms in total. The Morgan fingerprint density at radius 2 is 0.515 bits per heavy atom. The molecule has 66 heavy (non-hydrogen) atoms. The van der Waals surface area contributed by atoms with E-state index in [1.807, 2.05) is 0 Å². The minimum absolute atomic E-state index is 0.904. The van der Waals surface area contributed by atoms with Crippen LogP contribution in [0.4, 0.5) is 22.7 Å². The maximum absolute atomic E-state index is 5.53. The van der Waals surface area contributed by atoms with Gasteiger partial charge in [-0.3, -0.25) is 0 Å². The van der Waals surface area contributed by atoms with Crippen molar-refractivity contribution in [2.24, 2.45) is 0 Å². The van der Waals surface area contributed by atoms with Crippen molar-refractivity contribution in [3.8, 4) is 0 Å². The van der Waals surface area contributed by atoms with E-state index in [4.69, 9.17) is 19.9 Å². The molecular weight excluding hydrogens is 809 g/mol. The Hall–Kier alpha value is -7.06. The summed E-state index contributed by atoms with van der Waals surface area (Å²) < 4.78 is 0. The quantitative estimate of drug-likeness (QED) is 0.0889. The van der Waals surface area contributed by atoms with E-state index in [1.54, 1.807) is 0 Å². The molecule has 0 fully saturated rings. The molecule has 12 rings (SSSR count). The molecule has 0 spiro atoms. The summed E-state index contributed by atoms with van der Waals surface area (Å²) in [7, 11) is 0. The normalized spacial score (nSPS) is 14.0. The molecule has 0 radical (unpaired) electrons. The highest BCUT2D eigenvalue weighted by Gasteiger charge is 2.42. The van der Waals surface area contributed by atoms with Gasteiger partial charge in [0.15, 0.2) is 11.6 Å². The van der Waals surface area contributed by atoms with Crippen molar-refractivity contribution < 1.29 is 0 Å². The molecule has 0 saturated heterocycles. The molecule has 4 heterocycles. The van der Waals surface area contributed by atoms with Gasteiger partial charge >= 0.3 is 0 Å². The molecule has 10 aromatic rings. The first-order valence-electron chi connectivity index (χ1n) is 24.5. The van der Waals surface area contributed by atoms with E-state index in [-0.39, 0.29) is 0 Å². The SMILES string of the molecule is CCCCN1C(=C2N(CCCC)c3cc4nc5c6ccccc6c6ccccc6c5nc4cc3N2CCCC)N(CCCC)c2cc3nc4c5ccccc5c5ccccc5c4nc3cc21. The summed E-state index contributed by atoms with van der Waals surface area (Å²) in [5, 5.41) is 9.42. The van der Waals surface area contributed by atoms with Crippen LogP contribution in [0.1, 0.15) is 79.1 Å². The molecule has 8 heteroatoms. The van der Waals surface area contributed by atoms with Gasteiger partial charge in [0.05, 0.1) is 66.9 Å². The molecule has 0 aliphatic carbocycles. The van der Waals surface area contributed by atoms with Crippen LogP contribution in [0.5, 0.6) is 0 Å². The maximum Gasteiger partial charge on any atom is 0.156 e. The summed E-state index contributed by atoms with van der Waals surface area (Å²) in [6.45, 7) is 12.8. The number of unbranched alkanes of at least 4 members (excludes halogenated alkanes) is 4. The topological polar surface area (TPSA) is 64.5 Å². The van der Waals surface area contributed by atoms with Crippen molar-refractivity contribution in [3.05, 3.63) is 133 Å². The Morgan fingerprint density at radius 1 is 0.303 bits per heavy atom. The summed E-state index contributed by atoms with van der Waals surface area (Å²) >= 11 is 0. The fourth-order valence-electron chi connectivity index (χ4n) is 10.9. The van der Waals surface area contributed by atoms with Crippen LogP contribution in [0.2, 0.25) is 0 Å². The van der Waals surface area contributed by atoms with Crippen molar-refractivity contribution in [1.82, 2.24) is 19.9 Å². The zero-order valence-electron chi connectivity index (χ0n) is 38.6. The second kappa shape index (κ2) is 16.4. The number of rotatable bonds is 12. The Morgan fingerprint density at radius 3 is 0.727 bits per heavy atom. The second-order valence-corrected chi connectivity index (χ2v) is 18.4. The van der Waals surface area contributed by atoms with E-state index in [0.717, 1.165) is 143 Å². The van der Waals surface area contributed by atoms with Gasteiger partial charge in [0.2, 0.25) is 0 Å². The Kier molecular flexibility index (Phi) is 10.1. The number of anilines is 4. The number of aromatic nitrogens is 4. The zero-order valence-corrected chi connectivity index (χ0v) is 38.6. The molecule has 0 bridgehead atoms. The van der Waals surface area contributed by atoms with Gasteiger partial charge in [0.1, 0.15) is 0 Å². The number of hydrogen-bond acceptors (Lipinski definition) is 8. The lowest BCUT2D eigenvalue weighted by atomic mass is 9.99. The molecule has 8 aromatic carbocycles. The highest BCUT2D eigenvalue weighted by Crippen LogP contribution is 2.52. The van der Waals surface area contributed by atoms with Crippen LogP contribution in [-0.2, 0) is 0 Å². The third-order valence-electron chi connectivity index (χ3n) is 14.2. The molecule has 2 aliphatic heterocycles. The lowest BCUT2D eigenvalue weighted by Gasteiger charge is -2.34. The fraction of sp³-hybridized carbons (Fsp3) is 0.276. The summed E-state index contributed by atoms with van der Waals surface area (Å²) in [5.41, 5.74) is 12.4. The van der Waals surface area contributed by atoms with Crippen LogP contribution in [0.3, 0.4) is 0 Å². The van der Waals surface area contributed by atoms with E-state index in [1.165, 1.54) is 55.9 Å². The average Bonchev–Trinajstić information content (AvgIpc) is 3.82. The number of hydrogen-bond donors (Lipinski definition) is 0. The average molecular weight is 865 g/mol. The monoisotopic (exact) mass is 864 g/mol. The summed E-state index contributed by atoms with van der Waals surface area (Å²) in [6, 6.07) is 44.1. The molecule has 0 amide bonds. The molecule has 0 N–H and O–H groups in total. The van der Waals surface area contributed by atoms with E-state index >= 15 is 0 Å². The predicted octanol–water partition coefficient (Wildman–Crippen LogP) is 14.8. The first kappa shape index (κ1) is 40.4. The molecule has 0 atom stereocenters. The van der Waals surface area contributed by atoms with Gasteiger partial charge in [-0.15, -0.1) is 0 Å². The third kappa shape index (κ3) is 6.24. The van der Waals surface area contributed by atoms with Gasteiger partial charge in [0.25, 0.3) is 0 Å². The van der Waals surface area contributed by atoms with Crippen LogP contribution in [-0.4, -0.2) is 46.1 Å². The van der Waals surface area contributed by atoms with Crippen LogP contribution < -0.4 is 19.6 Å². The highest BCUT2D eigenvalue weighted by molar-refractivity contribution is 6.25. The van der Waals surface area contributed by atoms with E-state index in [2.05, 4.69) is 169 Å². The molecule has 2 aliphatic rings. The van der Waals surface area contributed by atoms with Crippen molar-refractivity contribution in [2.45, 2.75) is 79.1 Å². The second-order valence-electron chi connectivity index (χ2n) is 18.4. The minimum Gasteiger partial charge on any atom is -0.323 e. The zero-order chi connectivity index (χ0) is 44.5. The van der Waals surface area contributed by atoms with E-state index < -0.39 is 0 Å². The first-order chi connectivity index (χ1) is 32.6. The third-order valence-corrected chi connectivity index (χ3v) is 14.2. The Balaban J connectivity index is 1.11. The van der Waals surface area contributed by atoms with E-state index in [9.17, 15) is 0 Å². The van der Waals surface area contributed by atoms with Crippen LogP contribution >= 0.6 is 0 Å².